The van der Waals surface area contributed by atoms with Crippen molar-refractivity contribution in [3.8, 4) is 0 Å². The van der Waals surface area contributed by atoms with E-state index < -0.39 is 14.0 Å². The second-order valence-corrected chi connectivity index (χ2v) is 2.79. The van der Waals surface area contributed by atoms with Crippen LogP contribution < -0.4 is 0 Å². The first kappa shape index (κ1) is 9.31. The van der Waals surface area contributed by atoms with Crippen molar-refractivity contribution < 1.29 is 14.3 Å². The van der Waals surface area contributed by atoms with E-state index in [0.29, 0.717) is 0 Å². The molecule has 0 aromatic heterocycles. The quantitative estimate of drug-likeness (QED) is 0.581. The van der Waals surface area contributed by atoms with Gasteiger partial charge in [0, 0.05) is 0 Å². The molecule has 2 N–H and O–H groups in total. The molecule has 0 aliphatic heterocycles. The van der Waals surface area contributed by atoms with Crippen LogP contribution in [0.3, 0.4) is 0 Å². The van der Waals surface area contributed by atoms with Gasteiger partial charge in [-0.15, -0.1) is 0 Å². The fraction of sp³-hybridized carbons (Fsp3) is 0.400. The molecule has 0 rings (SSSR count). The van der Waals surface area contributed by atoms with Gasteiger partial charge in [-0.25, -0.2) is 0 Å². The number of hydrogen-bond acceptors (Lipinski definition) is 3. The fourth-order valence-corrected chi connectivity index (χ4v) is 0.584. The molecule has 0 heterocycles. The minimum Gasteiger partial charge on any atom is -0.328 e. The molecule has 0 atom stereocenters. The van der Waals surface area contributed by atoms with Crippen LogP contribution in [0.25, 0.3) is 0 Å². The lowest BCUT2D eigenvalue weighted by atomic mass is 9.99. The Hall–Kier alpha value is 0.310. The molecule has 0 amide bonds. The normalized spacial score (nSPS) is 12.7. The van der Waals surface area contributed by atoms with Crippen molar-refractivity contribution in [1.82, 2.24) is 0 Å². The van der Waals surface area contributed by atoms with E-state index in [0.717, 1.165) is 0 Å². The van der Waals surface area contributed by atoms with Crippen LogP contribution in [0.1, 0.15) is 0 Å². The third-order valence-corrected chi connectivity index (χ3v) is 0.846. The SMILES string of the molecule is [CH2]C([CH2])([CH2])COP(O)O. The maximum absolute atomic E-state index is 8.23. The molecule has 0 fully saturated rings. The summed E-state index contributed by atoms with van der Waals surface area (Å²) < 4.78 is 4.39. The monoisotopic (exact) mass is 149 g/mol. The average molecular weight is 149 g/mol. The number of rotatable bonds is 3. The van der Waals surface area contributed by atoms with Crippen molar-refractivity contribution in [2.75, 3.05) is 6.61 Å². The molecule has 0 bridgehead atoms. The van der Waals surface area contributed by atoms with Crippen LogP contribution in [-0.4, -0.2) is 16.4 Å². The van der Waals surface area contributed by atoms with E-state index in [1.165, 1.54) is 0 Å². The molecule has 0 aromatic carbocycles. The van der Waals surface area contributed by atoms with Crippen LogP contribution in [0.2, 0.25) is 0 Å². The maximum atomic E-state index is 8.23. The molecule has 0 saturated heterocycles. The zero-order chi connectivity index (χ0) is 7.49. The third kappa shape index (κ3) is 8.31. The Labute approximate surface area is 56.7 Å². The van der Waals surface area contributed by atoms with Gasteiger partial charge < -0.3 is 14.3 Å². The summed E-state index contributed by atoms with van der Waals surface area (Å²) in [5.74, 6) is 0. The molecule has 0 spiro atoms. The molecular weight excluding hydrogens is 139 g/mol. The van der Waals surface area contributed by atoms with Crippen molar-refractivity contribution in [2.24, 2.45) is 5.41 Å². The van der Waals surface area contributed by atoms with Crippen molar-refractivity contribution in [2.45, 2.75) is 0 Å². The predicted octanol–water partition coefficient (Wildman–Crippen LogP) is 0.703. The third-order valence-electron chi connectivity index (χ3n) is 0.486. The zero-order valence-electron chi connectivity index (χ0n) is 5.08. The van der Waals surface area contributed by atoms with Crippen molar-refractivity contribution in [3.63, 3.8) is 0 Å². The molecule has 9 heavy (non-hydrogen) atoms. The van der Waals surface area contributed by atoms with E-state index >= 15 is 0 Å². The second-order valence-electron chi connectivity index (χ2n) is 2.03. The smallest absolute Gasteiger partial charge is 0.327 e. The molecule has 3 nitrogen and oxygen atoms in total. The highest BCUT2D eigenvalue weighted by atomic mass is 31.2. The van der Waals surface area contributed by atoms with Gasteiger partial charge >= 0.3 is 8.60 Å². The van der Waals surface area contributed by atoms with E-state index in [2.05, 4.69) is 25.3 Å². The van der Waals surface area contributed by atoms with Gasteiger partial charge in [0.2, 0.25) is 0 Å². The highest BCUT2D eigenvalue weighted by molar-refractivity contribution is 7.39. The lowest BCUT2D eigenvalue weighted by Gasteiger charge is -2.16. The maximum Gasteiger partial charge on any atom is 0.327 e. The summed E-state index contributed by atoms with van der Waals surface area (Å²) in [6, 6.07) is 0. The van der Waals surface area contributed by atoms with Crippen LogP contribution in [0.4, 0.5) is 0 Å². The topological polar surface area (TPSA) is 49.7 Å². The summed E-state index contributed by atoms with van der Waals surface area (Å²) in [6.07, 6.45) is 0. The predicted molar refractivity (Wildman–Crippen MR) is 35.8 cm³/mol. The molecule has 4 heteroatoms. The van der Waals surface area contributed by atoms with Gasteiger partial charge in [0.05, 0.1) is 6.61 Å². The van der Waals surface area contributed by atoms with Crippen molar-refractivity contribution >= 4 is 8.60 Å². The van der Waals surface area contributed by atoms with Gasteiger partial charge in [-0.05, 0) is 26.2 Å². The first-order valence-electron chi connectivity index (χ1n) is 2.29. The lowest BCUT2D eigenvalue weighted by Crippen LogP contribution is -2.13. The summed E-state index contributed by atoms with van der Waals surface area (Å²) in [5, 5.41) is 0. The highest BCUT2D eigenvalue weighted by Gasteiger charge is 2.13. The minimum atomic E-state index is -2.28. The van der Waals surface area contributed by atoms with Gasteiger partial charge in [0.1, 0.15) is 0 Å². The Morgan fingerprint density at radius 2 is 1.78 bits per heavy atom. The largest absolute Gasteiger partial charge is 0.328 e. The first-order valence-corrected chi connectivity index (χ1v) is 3.45. The molecule has 0 aliphatic rings. The standard InChI is InChI=1S/C5H10O3P/c1-5(2,3)4-8-9(6)7/h6-7H,1-4H2. The highest BCUT2D eigenvalue weighted by Crippen LogP contribution is 2.27. The Kier molecular flexibility index (Phi) is 3.59. The van der Waals surface area contributed by atoms with Crippen LogP contribution in [0.5, 0.6) is 0 Å². The lowest BCUT2D eigenvalue weighted by molar-refractivity contribution is 0.215. The fourth-order valence-electron chi connectivity index (χ4n) is 0.195. The van der Waals surface area contributed by atoms with E-state index in [9.17, 15) is 0 Å². The van der Waals surface area contributed by atoms with Gasteiger partial charge in [-0.2, -0.15) is 0 Å². The van der Waals surface area contributed by atoms with E-state index in [1.54, 1.807) is 0 Å². The van der Waals surface area contributed by atoms with Gasteiger partial charge in [-0.1, -0.05) is 0 Å². The van der Waals surface area contributed by atoms with E-state index in [4.69, 9.17) is 9.79 Å². The van der Waals surface area contributed by atoms with Gasteiger partial charge in [0.25, 0.3) is 0 Å². The molecule has 53 valence electrons. The van der Waals surface area contributed by atoms with Crippen LogP contribution in [-0.2, 0) is 4.52 Å². The average Bonchev–Trinajstić information content (AvgIpc) is 1.59. The van der Waals surface area contributed by atoms with Crippen LogP contribution in [0, 0.1) is 26.2 Å². The minimum absolute atomic E-state index is 0.0473. The van der Waals surface area contributed by atoms with E-state index in [-0.39, 0.29) is 6.61 Å². The molecule has 3 radical (unpaired) electrons. The van der Waals surface area contributed by atoms with Crippen LogP contribution >= 0.6 is 8.60 Å². The summed E-state index contributed by atoms with van der Waals surface area (Å²) in [6.45, 7) is 10.5. The van der Waals surface area contributed by atoms with Gasteiger partial charge in [-0.3, -0.25) is 0 Å². The second kappa shape index (κ2) is 3.47. The van der Waals surface area contributed by atoms with Gasteiger partial charge in [0.15, 0.2) is 0 Å². The molecule has 0 aliphatic carbocycles. The molecule has 0 saturated carbocycles. The summed E-state index contributed by atoms with van der Waals surface area (Å²) in [5.41, 5.74) is -0.744. The molecule has 0 aromatic rings. The molecular formula is C5H10O3P. The van der Waals surface area contributed by atoms with Crippen molar-refractivity contribution in [1.29, 1.82) is 0 Å². The summed E-state index contributed by atoms with van der Waals surface area (Å²) in [4.78, 5) is 16.5. The Morgan fingerprint density at radius 1 is 1.33 bits per heavy atom. The summed E-state index contributed by atoms with van der Waals surface area (Å²) in [7, 11) is -2.28. The Morgan fingerprint density at radius 3 is 1.89 bits per heavy atom. The Balaban J connectivity index is 3.28. The van der Waals surface area contributed by atoms with Crippen LogP contribution in [0.15, 0.2) is 0 Å². The number of hydrogen-bond donors (Lipinski definition) is 2. The molecule has 0 unspecified atom stereocenters. The van der Waals surface area contributed by atoms with Crippen molar-refractivity contribution in [3.05, 3.63) is 20.8 Å². The first-order chi connectivity index (χ1) is 3.92. The summed E-state index contributed by atoms with van der Waals surface area (Å²) >= 11 is 0. The zero-order valence-corrected chi connectivity index (χ0v) is 5.97. The van der Waals surface area contributed by atoms with E-state index in [1.807, 2.05) is 0 Å². The Bertz CT molecular complexity index is 76.8.